The van der Waals surface area contributed by atoms with Crippen molar-refractivity contribution >= 4 is 62.8 Å². The molecule has 0 bridgehead atoms. The number of amides is 4. The first-order valence-electron chi connectivity index (χ1n) is 10.3. The molecule has 11 heteroatoms. The Labute approximate surface area is 206 Å². The molecule has 1 aromatic rings. The van der Waals surface area contributed by atoms with Crippen LogP contribution < -0.4 is 0 Å². The number of alkyl halides is 3. The van der Waals surface area contributed by atoms with Gasteiger partial charge in [0.15, 0.2) is 21.3 Å². The summed E-state index contributed by atoms with van der Waals surface area (Å²) in [5, 5.41) is 9.70. The van der Waals surface area contributed by atoms with Gasteiger partial charge in [0.2, 0.25) is 11.8 Å². The molecule has 3 fully saturated rings. The molecule has 2 aliphatic heterocycles. The smallest absolute Gasteiger partial charge is 0.254 e. The van der Waals surface area contributed by atoms with Gasteiger partial charge in [0.25, 0.3) is 11.8 Å². The Morgan fingerprint density at radius 2 is 1.85 bits per heavy atom. The number of aromatic hydroxyl groups is 1. The number of hydrogen-bond donors (Lipinski definition) is 1. The number of carbonyl (C=O) groups is 4. The Kier molecular flexibility index (Phi) is 5.02. The van der Waals surface area contributed by atoms with Crippen molar-refractivity contribution in [3.8, 4) is 5.75 Å². The summed E-state index contributed by atoms with van der Waals surface area (Å²) in [6, 6.07) is 3.61. The summed E-state index contributed by atoms with van der Waals surface area (Å²) in [6.45, 7) is 0. The summed E-state index contributed by atoms with van der Waals surface area (Å²) in [7, 11) is 1.41. The zero-order valence-corrected chi connectivity index (χ0v) is 20.3. The van der Waals surface area contributed by atoms with Crippen LogP contribution in [0, 0.1) is 23.6 Å². The van der Waals surface area contributed by atoms with Crippen LogP contribution in [0.3, 0.4) is 0 Å². The number of rotatable bonds is 2. The van der Waals surface area contributed by atoms with Gasteiger partial charge >= 0.3 is 0 Å². The molecule has 0 unspecified atom stereocenters. The summed E-state index contributed by atoms with van der Waals surface area (Å²) in [5.41, 5.74) is 0.671. The molecule has 33 heavy (non-hydrogen) atoms. The lowest BCUT2D eigenvalue weighted by Crippen LogP contribution is -2.60. The summed E-state index contributed by atoms with van der Waals surface area (Å²) in [5.74, 6) is -6.71. The number of benzene rings is 1. The number of allylic oxidation sites excluding steroid dienone is 2. The van der Waals surface area contributed by atoms with E-state index in [1.165, 1.54) is 13.1 Å². The van der Waals surface area contributed by atoms with Crippen molar-refractivity contribution in [2.75, 3.05) is 12.5 Å². The highest BCUT2D eigenvalue weighted by Crippen LogP contribution is 2.65. The zero-order valence-electron chi connectivity index (χ0n) is 17.2. The monoisotopic (exact) mass is 558 g/mol. The quantitative estimate of drug-likeness (QED) is 0.260. The third-order valence-electron chi connectivity index (χ3n) is 7.54. The predicted molar refractivity (Wildman–Crippen MR) is 119 cm³/mol. The molecule has 4 aliphatic rings. The summed E-state index contributed by atoms with van der Waals surface area (Å²) in [4.78, 5) is 50.6. The lowest BCUT2D eigenvalue weighted by atomic mass is 9.56. The maximum atomic E-state index is 14.4. The van der Waals surface area contributed by atoms with E-state index < -0.39 is 56.8 Å². The average Bonchev–Trinajstić information content (AvgIpc) is 3.09. The average molecular weight is 560 g/mol. The van der Waals surface area contributed by atoms with Gasteiger partial charge in [0.05, 0.1) is 17.3 Å². The summed E-state index contributed by atoms with van der Waals surface area (Å²) >= 11 is 17.1. The van der Waals surface area contributed by atoms with Gasteiger partial charge in [-0.2, -0.15) is 0 Å². The van der Waals surface area contributed by atoms with Gasteiger partial charge in [-0.25, -0.2) is 4.39 Å². The van der Waals surface area contributed by atoms with Crippen LogP contribution >= 0.6 is 39.1 Å². The molecule has 1 saturated carbocycles. The largest absolute Gasteiger partial charge is 0.505 e. The molecule has 6 atom stereocenters. The minimum absolute atomic E-state index is 0.122. The van der Waals surface area contributed by atoms with Gasteiger partial charge in [0, 0.05) is 13.0 Å². The molecule has 5 rings (SSSR count). The molecule has 174 valence electrons. The van der Waals surface area contributed by atoms with Gasteiger partial charge < -0.3 is 5.11 Å². The maximum absolute atomic E-state index is 14.4. The molecule has 0 spiro atoms. The maximum Gasteiger partial charge on any atom is 0.254 e. The van der Waals surface area contributed by atoms with E-state index >= 15 is 0 Å². The third kappa shape index (κ3) is 2.67. The Balaban J connectivity index is 1.76. The Morgan fingerprint density at radius 3 is 2.48 bits per heavy atom. The second-order valence-electron chi connectivity index (χ2n) is 8.93. The Bertz CT molecular complexity index is 1180. The van der Waals surface area contributed by atoms with Crippen LogP contribution in [0.4, 0.5) is 4.39 Å². The van der Waals surface area contributed by atoms with Crippen molar-refractivity contribution in [2.24, 2.45) is 17.8 Å². The molecule has 7 nitrogen and oxygen atoms in total. The van der Waals surface area contributed by atoms with Crippen molar-refractivity contribution in [1.82, 2.24) is 9.80 Å². The molecule has 0 aromatic heterocycles. The molecule has 2 aliphatic carbocycles. The highest BCUT2D eigenvalue weighted by molar-refractivity contribution is 9.09. The summed E-state index contributed by atoms with van der Waals surface area (Å²) < 4.78 is 14.4. The van der Waals surface area contributed by atoms with Gasteiger partial charge in [-0.05, 0) is 36.5 Å². The fourth-order valence-electron chi connectivity index (χ4n) is 5.99. The minimum Gasteiger partial charge on any atom is -0.505 e. The fraction of sp³-hybridized carbons (Fsp3) is 0.455. The number of hydrogen-bond acceptors (Lipinski definition) is 5. The third-order valence-corrected chi connectivity index (χ3v) is 9.46. The normalized spacial score (nSPS) is 37.8. The van der Waals surface area contributed by atoms with E-state index in [0.29, 0.717) is 5.57 Å². The van der Waals surface area contributed by atoms with E-state index in [-0.39, 0.29) is 35.7 Å². The molecular formula is C22H18BrCl2FN2O5. The first-order valence-corrected chi connectivity index (χ1v) is 12.2. The van der Waals surface area contributed by atoms with Gasteiger partial charge in [-0.15, -0.1) is 23.2 Å². The van der Waals surface area contributed by atoms with E-state index in [4.69, 9.17) is 23.2 Å². The van der Waals surface area contributed by atoms with Crippen molar-refractivity contribution < 1.29 is 28.7 Å². The molecule has 1 aromatic carbocycles. The standard InChI is InChI=1S/C22H18BrCl2FN2O5/c1-27-17(30)11-4-3-10-12(15(11)18(27)31)7-21(24)19(32)28(8-23)20(33)22(21,25)16(10)9-2-5-14(29)13(26)6-9/h2-3,5-6,11-12,15-16,29H,4,7-8H2,1H3/t11-,12+,15-,16-,21+,22-/m0/s1. The number of phenols is 1. The minimum atomic E-state index is -1.99. The van der Waals surface area contributed by atoms with Crippen LogP contribution in [0.2, 0.25) is 0 Å². The number of carbonyl (C=O) groups excluding carboxylic acids is 4. The van der Waals surface area contributed by atoms with Gasteiger partial charge in [-0.1, -0.05) is 33.6 Å². The van der Waals surface area contributed by atoms with Crippen LogP contribution in [-0.2, 0) is 19.2 Å². The SMILES string of the molecule is CN1C(=O)[C@H]2[C@H](CC=C3[C@H]2C[C@@]2(Cl)C(=O)N(CBr)C(=O)[C@@]2(Cl)[C@H]3c2ccc(O)c(F)c2)C1=O. The molecule has 1 N–H and O–H groups in total. The van der Waals surface area contributed by atoms with Crippen molar-refractivity contribution in [1.29, 1.82) is 0 Å². The first kappa shape index (κ1) is 22.8. The van der Waals surface area contributed by atoms with Crippen molar-refractivity contribution in [3.63, 3.8) is 0 Å². The van der Waals surface area contributed by atoms with Gasteiger partial charge in [-0.3, -0.25) is 29.0 Å². The van der Waals surface area contributed by atoms with Crippen LogP contribution in [-0.4, -0.2) is 60.8 Å². The lowest BCUT2D eigenvalue weighted by Gasteiger charge is -2.50. The van der Waals surface area contributed by atoms with E-state index in [1.807, 2.05) is 0 Å². The summed E-state index contributed by atoms with van der Waals surface area (Å²) in [6.07, 6.45) is 1.89. The number of fused-ring (bicyclic) bond motifs is 4. The zero-order chi connectivity index (χ0) is 24.0. The van der Waals surface area contributed by atoms with Crippen LogP contribution in [0.25, 0.3) is 0 Å². The van der Waals surface area contributed by atoms with Crippen LogP contribution in [0.1, 0.15) is 24.3 Å². The second-order valence-corrected chi connectivity index (χ2v) is 10.7. The van der Waals surface area contributed by atoms with E-state index in [9.17, 15) is 28.7 Å². The highest BCUT2D eigenvalue weighted by atomic mass is 79.9. The number of phenolic OH excluding ortho intramolecular Hbond substituents is 1. The van der Waals surface area contributed by atoms with Crippen LogP contribution in [0.15, 0.2) is 29.8 Å². The molecule has 2 heterocycles. The number of imide groups is 2. The highest BCUT2D eigenvalue weighted by Gasteiger charge is 2.76. The number of likely N-dealkylation sites (tertiary alicyclic amines) is 2. The first-order chi connectivity index (χ1) is 15.5. The lowest BCUT2D eigenvalue weighted by molar-refractivity contribution is -0.140. The van der Waals surface area contributed by atoms with Crippen molar-refractivity contribution in [2.45, 2.75) is 28.5 Å². The van der Waals surface area contributed by atoms with Crippen LogP contribution in [0.5, 0.6) is 5.75 Å². The molecular weight excluding hydrogens is 542 g/mol. The van der Waals surface area contributed by atoms with Gasteiger partial charge in [0.1, 0.15) is 0 Å². The van der Waals surface area contributed by atoms with E-state index in [0.717, 1.165) is 21.9 Å². The Hall–Kier alpha value is -1.97. The second kappa shape index (κ2) is 7.26. The topological polar surface area (TPSA) is 95.0 Å². The van der Waals surface area contributed by atoms with Crippen molar-refractivity contribution in [3.05, 3.63) is 41.2 Å². The molecule has 0 radical (unpaired) electrons. The number of nitrogens with zero attached hydrogens (tertiary/aromatic N) is 2. The van der Waals surface area contributed by atoms with E-state index in [1.54, 1.807) is 6.08 Å². The fourth-order valence-corrected chi connectivity index (χ4v) is 7.41. The number of halogens is 4. The molecule has 4 amide bonds. The Morgan fingerprint density at radius 1 is 1.15 bits per heavy atom. The predicted octanol–water partition coefficient (Wildman–Crippen LogP) is 2.87. The van der Waals surface area contributed by atoms with E-state index in [2.05, 4.69) is 15.9 Å². The molecule has 2 saturated heterocycles.